The second kappa shape index (κ2) is 12.3. The monoisotopic (exact) mass is 484 g/mol. The Labute approximate surface area is 186 Å². The smallest absolute Gasteiger partial charge is 1.00 e. The number of aryl methyl sites for hydroxylation is 2. The van der Waals surface area contributed by atoms with Gasteiger partial charge in [0.1, 0.15) is 0 Å². The molecule has 0 aliphatic carbocycles. The standard InChI is InChI=1S/2C10H13NO.2ClH.Zr/c2*1-3-11-10(12)9-6-4-8(2)5-7-9;;;/h2*4-7H,3H2,1-2H3,(H,11,12);2*1H;/q;;;;+4/p-4. The third-order valence-corrected chi connectivity index (χ3v) is 7.70. The van der Waals surface area contributed by atoms with Crippen LogP contribution in [0.15, 0.2) is 48.5 Å². The Balaban J connectivity index is 0.00000338. The van der Waals surface area contributed by atoms with Crippen LogP contribution in [0.3, 0.4) is 0 Å². The van der Waals surface area contributed by atoms with E-state index < -0.39 is 23.8 Å². The fraction of sp³-hybridized carbons (Fsp3) is 0.300. The summed E-state index contributed by atoms with van der Waals surface area (Å²) in [7, 11) is 0. The predicted molar refractivity (Wildman–Crippen MR) is 95.8 cm³/mol. The molecule has 2 rings (SSSR count). The fourth-order valence-electron chi connectivity index (χ4n) is 2.37. The summed E-state index contributed by atoms with van der Waals surface area (Å²) in [6.07, 6.45) is 0. The number of hydrogen-bond acceptors (Lipinski definition) is 2. The van der Waals surface area contributed by atoms with Crippen molar-refractivity contribution in [2.24, 2.45) is 0 Å². The van der Waals surface area contributed by atoms with Crippen LogP contribution in [0.25, 0.3) is 0 Å². The number of hydrogen-bond donors (Lipinski definition) is 0. The number of carbonyl (C=O) groups is 2. The van der Waals surface area contributed by atoms with Crippen LogP contribution < -0.4 is 24.8 Å². The van der Waals surface area contributed by atoms with E-state index in [1.807, 2.05) is 81.9 Å². The van der Waals surface area contributed by atoms with Crippen LogP contribution in [0.2, 0.25) is 0 Å². The minimum Gasteiger partial charge on any atom is -1.00 e. The Morgan fingerprint density at radius 3 is 1.26 bits per heavy atom. The van der Waals surface area contributed by atoms with Gasteiger partial charge in [-0.3, -0.25) is 0 Å². The molecule has 0 fully saturated rings. The van der Waals surface area contributed by atoms with Gasteiger partial charge in [-0.05, 0) is 0 Å². The summed E-state index contributed by atoms with van der Waals surface area (Å²) in [5.41, 5.74) is 3.63. The number of benzene rings is 2. The molecule has 0 radical (unpaired) electrons. The molecule has 4 nitrogen and oxygen atoms in total. The van der Waals surface area contributed by atoms with Crippen LogP contribution >= 0.6 is 0 Å². The Morgan fingerprint density at radius 2 is 1.00 bits per heavy atom. The van der Waals surface area contributed by atoms with Crippen molar-refractivity contribution in [3.05, 3.63) is 70.8 Å². The van der Waals surface area contributed by atoms with E-state index in [1.54, 1.807) is 0 Å². The SMILES string of the molecule is CC[N]([Zr+2][N](CC)C(=O)c1ccc(C)cc1)C(=O)c1ccc(C)cc1.[Cl-].[Cl-]. The first-order chi connectivity index (χ1) is 12.0. The van der Waals surface area contributed by atoms with E-state index in [9.17, 15) is 9.59 Å². The number of rotatable bonds is 6. The Morgan fingerprint density at radius 1 is 0.704 bits per heavy atom. The van der Waals surface area contributed by atoms with E-state index in [0.717, 1.165) is 11.1 Å². The van der Waals surface area contributed by atoms with Crippen molar-refractivity contribution in [2.75, 3.05) is 13.1 Å². The molecule has 2 aromatic rings. The fourth-order valence-corrected chi connectivity index (χ4v) is 4.86. The molecular formula is C20H24Cl2N2O2Zr. The first-order valence-corrected chi connectivity index (χ1v) is 10.7. The predicted octanol–water partition coefficient (Wildman–Crippen LogP) is -2.15. The van der Waals surface area contributed by atoms with E-state index >= 15 is 0 Å². The maximum absolute atomic E-state index is 12.8. The quantitative estimate of drug-likeness (QED) is 0.467. The van der Waals surface area contributed by atoms with E-state index in [0.29, 0.717) is 24.2 Å². The first kappa shape index (κ1) is 25.8. The Bertz CT molecular complexity index is 673. The van der Waals surface area contributed by atoms with Crippen LogP contribution in [-0.2, 0) is 23.8 Å². The second-order valence-corrected chi connectivity index (χ2v) is 9.08. The van der Waals surface area contributed by atoms with Gasteiger partial charge in [-0.2, -0.15) is 0 Å². The number of halogens is 2. The molecule has 0 spiro atoms. The van der Waals surface area contributed by atoms with E-state index in [2.05, 4.69) is 0 Å². The van der Waals surface area contributed by atoms with Crippen molar-refractivity contribution in [3.8, 4) is 0 Å². The van der Waals surface area contributed by atoms with Crippen LogP contribution in [0, 0.1) is 13.8 Å². The molecular weight excluding hydrogens is 462 g/mol. The third kappa shape index (κ3) is 7.06. The summed E-state index contributed by atoms with van der Waals surface area (Å²) in [5.74, 6) is 0.0357. The Hall–Kier alpha value is -1.16. The van der Waals surface area contributed by atoms with Gasteiger partial charge in [0.25, 0.3) is 0 Å². The molecule has 0 N–H and O–H groups in total. The van der Waals surface area contributed by atoms with Gasteiger partial charge in [-0.15, -0.1) is 0 Å². The van der Waals surface area contributed by atoms with Gasteiger partial charge in [-0.1, -0.05) is 0 Å². The topological polar surface area (TPSA) is 40.6 Å². The molecule has 0 bridgehead atoms. The third-order valence-electron chi connectivity index (χ3n) is 3.96. The molecule has 0 heterocycles. The molecule has 0 aromatic heterocycles. The molecule has 7 heteroatoms. The van der Waals surface area contributed by atoms with Crippen molar-refractivity contribution < 1.29 is 58.2 Å². The maximum atomic E-state index is 12.8. The van der Waals surface area contributed by atoms with Gasteiger partial charge in [-0.25, -0.2) is 0 Å². The van der Waals surface area contributed by atoms with E-state index in [-0.39, 0.29) is 36.6 Å². The summed E-state index contributed by atoms with van der Waals surface area (Å²) in [5, 5.41) is 0. The molecule has 2 aromatic carbocycles. The number of amides is 2. The van der Waals surface area contributed by atoms with Gasteiger partial charge in [0.05, 0.1) is 0 Å². The van der Waals surface area contributed by atoms with Crippen molar-refractivity contribution >= 4 is 11.8 Å². The van der Waals surface area contributed by atoms with Crippen LogP contribution in [0.4, 0.5) is 0 Å². The van der Waals surface area contributed by atoms with Crippen LogP contribution in [0.1, 0.15) is 45.7 Å². The van der Waals surface area contributed by atoms with Gasteiger partial charge in [0, 0.05) is 0 Å². The average molecular weight is 487 g/mol. The minimum absolute atomic E-state index is 0. The van der Waals surface area contributed by atoms with Gasteiger partial charge in [0.2, 0.25) is 0 Å². The van der Waals surface area contributed by atoms with Crippen molar-refractivity contribution in [2.45, 2.75) is 27.7 Å². The zero-order valence-corrected chi connectivity index (χ0v) is 20.0. The molecule has 0 saturated carbocycles. The molecule has 144 valence electrons. The molecule has 0 atom stereocenters. The summed E-state index contributed by atoms with van der Waals surface area (Å²) >= 11 is -1.53. The average Bonchev–Trinajstić information content (AvgIpc) is 2.63. The van der Waals surface area contributed by atoms with Gasteiger partial charge >= 0.3 is 162 Å². The molecule has 0 saturated heterocycles. The largest absolute Gasteiger partial charge is 1.00 e. The second-order valence-electron chi connectivity index (χ2n) is 5.93. The normalized spacial score (nSPS) is 9.33. The van der Waals surface area contributed by atoms with Crippen LogP contribution in [0.5, 0.6) is 0 Å². The van der Waals surface area contributed by atoms with Crippen molar-refractivity contribution in [1.29, 1.82) is 0 Å². The summed E-state index contributed by atoms with van der Waals surface area (Å²) < 4.78 is 3.73. The van der Waals surface area contributed by atoms with Gasteiger partial charge < -0.3 is 24.8 Å². The minimum atomic E-state index is -1.53. The van der Waals surface area contributed by atoms with E-state index in [4.69, 9.17) is 0 Å². The zero-order chi connectivity index (χ0) is 18.4. The van der Waals surface area contributed by atoms with Crippen LogP contribution in [-0.4, -0.2) is 30.6 Å². The first-order valence-electron chi connectivity index (χ1n) is 8.49. The van der Waals surface area contributed by atoms with E-state index in [1.165, 1.54) is 0 Å². The molecule has 0 aliphatic heterocycles. The van der Waals surface area contributed by atoms with Gasteiger partial charge in [0.15, 0.2) is 0 Å². The van der Waals surface area contributed by atoms with Crippen molar-refractivity contribution in [1.82, 2.24) is 5.69 Å². The van der Waals surface area contributed by atoms with Crippen molar-refractivity contribution in [3.63, 3.8) is 0 Å². The summed E-state index contributed by atoms with van der Waals surface area (Å²) in [6, 6.07) is 15.2. The molecule has 2 amide bonds. The molecule has 27 heavy (non-hydrogen) atoms. The maximum Gasteiger partial charge on any atom is -1.00 e. The summed E-state index contributed by atoms with van der Waals surface area (Å²) in [4.78, 5) is 25.5. The zero-order valence-electron chi connectivity index (χ0n) is 16.0. The molecule has 0 aliphatic rings. The number of carbonyl (C=O) groups excluding carboxylic acids is 2. The summed E-state index contributed by atoms with van der Waals surface area (Å²) in [6.45, 7) is 9.19. The Kier molecular flexibility index (Phi) is 11.8. The number of nitrogens with zero attached hydrogens (tertiary/aromatic N) is 2. The molecule has 0 unspecified atom stereocenters.